The van der Waals surface area contributed by atoms with Gasteiger partial charge >= 0.3 is 0 Å². The number of aliphatic hydroxyl groups excluding tert-OH is 1. The SMILES string of the molecule is CC(C[C@H](O)c1ccc(Cl)cc1)N=C(Cn1ncc(C(N)=O)c(Cl)c1=O)ON. The molecule has 1 amide bonds. The van der Waals surface area contributed by atoms with E-state index in [1.54, 1.807) is 31.2 Å². The summed E-state index contributed by atoms with van der Waals surface area (Å²) in [7, 11) is 0. The summed E-state index contributed by atoms with van der Waals surface area (Å²) in [5, 5.41) is 14.3. The number of primary amides is 1. The highest BCUT2D eigenvalue weighted by molar-refractivity contribution is 6.33. The number of rotatable bonds is 7. The van der Waals surface area contributed by atoms with Crippen LogP contribution in [0.1, 0.15) is 35.4 Å². The Morgan fingerprint density at radius 2 is 2.00 bits per heavy atom. The average Bonchev–Trinajstić information content (AvgIpc) is 2.64. The van der Waals surface area contributed by atoms with Crippen molar-refractivity contribution in [2.24, 2.45) is 16.6 Å². The van der Waals surface area contributed by atoms with E-state index in [-0.39, 0.29) is 35.5 Å². The van der Waals surface area contributed by atoms with Crippen molar-refractivity contribution in [2.75, 3.05) is 0 Å². The lowest BCUT2D eigenvalue weighted by Crippen LogP contribution is -2.31. The molecule has 0 saturated carbocycles. The van der Waals surface area contributed by atoms with Crippen LogP contribution in [0.4, 0.5) is 0 Å². The minimum atomic E-state index is -0.865. The van der Waals surface area contributed by atoms with Crippen molar-refractivity contribution in [3.63, 3.8) is 0 Å². The fraction of sp³-hybridized carbons (Fsp3) is 0.294. The van der Waals surface area contributed by atoms with Crippen LogP contribution in [0.25, 0.3) is 0 Å². The summed E-state index contributed by atoms with van der Waals surface area (Å²) in [6, 6.07) is 6.41. The first kappa shape index (κ1) is 21.8. The minimum Gasteiger partial charge on any atom is -0.394 e. The lowest BCUT2D eigenvalue weighted by Gasteiger charge is -2.15. The number of amides is 1. The molecule has 1 heterocycles. The molecule has 11 heteroatoms. The minimum absolute atomic E-state index is 0.00621. The molecule has 0 aliphatic carbocycles. The largest absolute Gasteiger partial charge is 0.394 e. The molecule has 0 radical (unpaired) electrons. The normalized spacial score (nSPS) is 13.8. The zero-order valence-electron chi connectivity index (χ0n) is 14.9. The third kappa shape index (κ3) is 5.52. The molecule has 0 spiro atoms. The molecule has 0 fully saturated rings. The van der Waals surface area contributed by atoms with Gasteiger partial charge in [-0.1, -0.05) is 35.3 Å². The van der Waals surface area contributed by atoms with Crippen molar-refractivity contribution in [1.29, 1.82) is 0 Å². The van der Waals surface area contributed by atoms with Gasteiger partial charge in [-0.15, -0.1) is 0 Å². The lowest BCUT2D eigenvalue weighted by atomic mass is 10.0. The zero-order valence-corrected chi connectivity index (χ0v) is 16.4. The quantitative estimate of drug-likeness (QED) is 0.346. The van der Waals surface area contributed by atoms with Crippen LogP contribution in [-0.2, 0) is 11.4 Å². The van der Waals surface area contributed by atoms with E-state index in [9.17, 15) is 14.7 Å². The molecule has 0 aliphatic rings. The summed E-state index contributed by atoms with van der Waals surface area (Å²) in [5.74, 6) is 4.36. The summed E-state index contributed by atoms with van der Waals surface area (Å²) in [4.78, 5) is 32.3. The molecular weight excluding hydrogens is 409 g/mol. The van der Waals surface area contributed by atoms with Gasteiger partial charge in [0, 0.05) is 5.02 Å². The van der Waals surface area contributed by atoms with Crippen molar-refractivity contribution < 1.29 is 14.7 Å². The first-order valence-corrected chi connectivity index (χ1v) is 8.90. The Labute approximate surface area is 170 Å². The van der Waals surface area contributed by atoms with Gasteiger partial charge in [-0.25, -0.2) is 9.67 Å². The number of aliphatic imine (C=N–C) groups is 1. The van der Waals surface area contributed by atoms with Crippen LogP contribution in [0.15, 0.2) is 40.2 Å². The second kappa shape index (κ2) is 9.65. The van der Waals surface area contributed by atoms with Crippen molar-refractivity contribution in [2.45, 2.75) is 32.0 Å². The van der Waals surface area contributed by atoms with Gasteiger partial charge in [-0.2, -0.15) is 11.0 Å². The Bertz CT molecular complexity index is 930. The maximum absolute atomic E-state index is 12.2. The maximum Gasteiger partial charge on any atom is 0.286 e. The van der Waals surface area contributed by atoms with Crippen LogP contribution < -0.4 is 17.2 Å². The predicted molar refractivity (Wildman–Crippen MR) is 105 cm³/mol. The Morgan fingerprint density at radius 1 is 1.36 bits per heavy atom. The molecule has 9 nitrogen and oxygen atoms in total. The van der Waals surface area contributed by atoms with E-state index >= 15 is 0 Å². The van der Waals surface area contributed by atoms with Crippen LogP contribution in [0.3, 0.4) is 0 Å². The van der Waals surface area contributed by atoms with Crippen molar-refractivity contribution in [3.05, 3.63) is 62.0 Å². The molecule has 2 atom stereocenters. The predicted octanol–water partition coefficient (Wildman–Crippen LogP) is 1.45. The molecule has 150 valence electrons. The number of aliphatic hydroxyl groups is 1. The molecule has 1 aromatic heterocycles. The van der Waals surface area contributed by atoms with Crippen LogP contribution in [0, 0.1) is 0 Å². The number of benzene rings is 1. The number of carbonyl (C=O) groups excluding carboxylic acids is 1. The smallest absolute Gasteiger partial charge is 0.286 e. The number of carbonyl (C=O) groups is 1. The fourth-order valence-corrected chi connectivity index (χ4v) is 2.79. The molecule has 2 rings (SSSR count). The van der Waals surface area contributed by atoms with Gasteiger partial charge in [0.05, 0.1) is 23.9 Å². The highest BCUT2D eigenvalue weighted by Gasteiger charge is 2.17. The van der Waals surface area contributed by atoms with E-state index in [0.29, 0.717) is 10.6 Å². The third-order valence-electron chi connectivity index (χ3n) is 3.85. The van der Waals surface area contributed by atoms with E-state index in [2.05, 4.69) is 10.1 Å². The maximum atomic E-state index is 12.2. The van der Waals surface area contributed by atoms with E-state index < -0.39 is 17.6 Å². The van der Waals surface area contributed by atoms with Crippen LogP contribution in [0.2, 0.25) is 10.0 Å². The summed E-state index contributed by atoms with van der Waals surface area (Å²) in [5.41, 5.74) is 4.88. The highest BCUT2D eigenvalue weighted by Crippen LogP contribution is 2.21. The number of halogens is 2. The average molecular weight is 428 g/mol. The lowest BCUT2D eigenvalue weighted by molar-refractivity contribution is 0.0999. The van der Waals surface area contributed by atoms with E-state index in [4.69, 9.17) is 39.7 Å². The number of nitrogens with two attached hydrogens (primary N) is 2. The topological polar surface area (TPSA) is 146 Å². The van der Waals surface area contributed by atoms with E-state index in [1.165, 1.54) is 0 Å². The molecule has 5 N–H and O–H groups in total. The molecule has 0 bridgehead atoms. The first-order chi connectivity index (χ1) is 13.2. The van der Waals surface area contributed by atoms with Crippen LogP contribution >= 0.6 is 23.2 Å². The Kier molecular flexibility index (Phi) is 7.53. The molecule has 0 aliphatic heterocycles. The Hall–Kier alpha value is -2.46. The summed E-state index contributed by atoms with van der Waals surface area (Å²) in [6.07, 6.45) is 0.576. The summed E-state index contributed by atoms with van der Waals surface area (Å²) >= 11 is 11.7. The molecule has 0 saturated heterocycles. The summed E-state index contributed by atoms with van der Waals surface area (Å²) < 4.78 is 0.933. The molecule has 1 unspecified atom stereocenters. The second-order valence-electron chi connectivity index (χ2n) is 5.99. The molecule has 1 aromatic carbocycles. The highest BCUT2D eigenvalue weighted by atomic mass is 35.5. The molecular formula is C17H19Cl2N5O4. The number of nitrogens with zero attached hydrogens (tertiary/aromatic N) is 3. The van der Waals surface area contributed by atoms with Gasteiger partial charge in [0.2, 0.25) is 5.90 Å². The van der Waals surface area contributed by atoms with Crippen molar-refractivity contribution in [3.8, 4) is 0 Å². The van der Waals surface area contributed by atoms with Gasteiger partial charge in [-0.05, 0) is 31.0 Å². The monoisotopic (exact) mass is 427 g/mol. The number of hydrogen-bond acceptors (Lipinski definition) is 7. The van der Waals surface area contributed by atoms with Crippen molar-refractivity contribution in [1.82, 2.24) is 9.78 Å². The van der Waals surface area contributed by atoms with E-state index in [0.717, 1.165) is 10.9 Å². The number of hydrogen-bond donors (Lipinski definition) is 3. The fourth-order valence-electron chi connectivity index (χ4n) is 2.43. The van der Waals surface area contributed by atoms with Gasteiger partial charge in [0.25, 0.3) is 11.5 Å². The zero-order chi connectivity index (χ0) is 20.8. The number of aromatic nitrogens is 2. The first-order valence-electron chi connectivity index (χ1n) is 8.15. The molecule has 28 heavy (non-hydrogen) atoms. The van der Waals surface area contributed by atoms with Gasteiger partial charge in [0.1, 0.15) is 11.6 Å². The van der Waals surface area contributed by atoms with Crippen LogP contribution in [-0.4, -0.2) is 32.7 Å². The molecule has 2 aromatic rings. The van der Waals surface area contributed by atoms with Gasteiger partial charge in [-0.3, -0.25) is 9.59 Å². The second-order valence-corrected chi connectivity index (χ2v) is 6.81. The van der Waals surface area contributed by atoms with Gasteiger partial charge in [0.15, 0.2) is 0 Å². The standard InChI is InChI=1S/C17H19Cl2N5O4/c1-9(6-13(25)10-2-4-11(18)5-3-10)23-14(28-21)8-24-17(27)15(19)12(7-22-24)16(20)26/h2-5,7,9,13,25H,6,8,21H2,1H3,(H2,20,26)/t9?,13-/m0/s1. The Morgan fingerprint density at radius 3 is 2.57 bits per heavy atom. The van der Waals surface area contributed by atoms with Crippen LogP contribution in [0.5, 0.6) is 0 Å². The van der Waals surface area contributed by atoms with Crippen molar-refractivity contribution >= 4 is 35.0 Å². The van der Waals surface area contributed by atoms with Gasteiger partial charge < -0.3 is 15.7 Å². The Balaban J connectivity index is 2.13. The van der Waals surface area contributed by atoms with E-state index in [1.807, 2.05) is 0 Å². The third-order valence-corrected chi connectivity index (χ3v) is 4.47. The summed E-state index contributed by atoms with van der Waals surface area (Å²) in [6.45, 7) is 1.53.